The maximum absolute atomic E-state index is 4.87. The first kappa shape index (κ1) is 15.6. The number of fused-ring (bicyclic) bond motifs is 1. The molecule has 5 nitrogen and oxygen atoms in total. The zero-order valence-electron chi connectivity index (χ0n) is 14.5. The molecule has 1 saturated carbocycles. The van der Waals surface area contributed by atoms with Gasteiger partial charge in [0.1, 0.15) is 11.5 Å². The SMILES string of the molecule is Cn1c(SCc2c(-c3ccccc3)nc3ccccn23)nnc1C1CC1. The van der Waals surface area contributed by atoms with Crippen LogP contribution < -0.4 is 0 Å². The summed E-state index contributed by atoms with van der Waals surface area (Å²) < 4.78 is 4.32. The number of thioether (sulfide) groups is 1. The summed E-state index contributed by atoms with van der Waals surface area (Å²) in [6, 6.07) is 16.5. The molecule has 1 aromatic carbocycles. The molecular formula is C20H19N5S. The van der Waals surface area contributed by atoms with Gasteiger partial charge in [-0.1, -0.05) is 48.2 Å². The Bertz CT molecular complexity index is 1060. The Morgan fingerprint density at radius 1 is 1.04 bits per heavy atom. The summed E-state index contributed by atoms with van der Waals surface area (Å²) in [6.45, 7) is 0. The van der Waals surface area contributed by atoms with E-state index in [-0.39, 0.29) is 0 Å². The van der Waals surface area contributed by atoms with Crippen LogP contribution in [0.3, 0.4) is 0 Å². The van der Waals surface area contributed by atoms with Crippen LogP contribution in [0.15, 0.2) is 59.9 Å². The minimum Gasteiger partial charge on any atom is -0.309 e. The van der Waals surface area contributed by atoms with E-state index in [4.69, 9.17) is 4.98 Å². The molecule has 130 valence electrons. The van der Waals surface area contributed by atoms with E-state index in [0.717, 1.165) is 33.6 Å². The summed E-state index contributed by atoms with van der Waals surface area (Å²) >= 11 is 1.72. The summed E-state index contributed by atoms with van der Waals surface area (Å²) in [5.41, 5.74) is 4.34. The smallest absolute Gasteiger partial charge is 0.191 e. The lowest BCUT2D eigenvalue weighted by Gasteiger charge is -2.06. The predicted octanol–water partition coefficient (Wildman–Crippen LogP) is 4.30. The van der Waals surface area contributed by atoms with E-state index in [2.05, 4.69) is 56.7 Å². The van der Waals surface area contributed by atoms with Crippen LogP contribution in [-0.2, 0) is 12.8 Å². The molecule has 1 aliphatic carbocycles. The van der Waals surface area contributed by atoms with Crippen molar-refractivity contribution < 1.29 is 0 Å². The highest BCUT2D eigenvalue weighted by molar-refractivity contribution is 7.98. The van der Waals surface area contributed by atoms with Gasteiger partial charge in [0.15, 0.2) is 5.16 Å². The van der Waals surface area contributed by atoms with Gasteiger partial charge >= 0.3 is 0 Å². The Labute approximate surface area is 156 Å². The summed E-state index contributed by atoms with van der Waals surface area (Å²) in [5.74, 6) is 2.53. The number of aromatic nitrogens is 5. The molecule has 0 unspecified atom stereocenters. The number of benzene rings is 1. The van der Waals surface area contributed by atoms with Crippen molar-refractivity contribution in [2.75, 3.05) is 0 Å². The van der Waals surface area contributed by atoms with Crippen molar-refractivity contribution in [3.8, 4) is 11.3 Å². The molecule has 0 aliphatic heterocycles. The minimum absolute atomic E-state index is 0.609. The molecule has 3 aromatic heterocycles. The number of rotatable bonds is 5. The molecular weight excluding hydrogens is 342 g/mol. The highest BCUT2D eigenvalue weighted by atomic mass is 32.2. The molecule has 1 aliphatic rings. The molecule has 3 heterocycles. The van der Waals surface area contributed by atoms with Crippen molar-refractivity contribution in [1.82, 2.24) is 24.1 Å². The van der Waals surface area contributed by atoms with Gasteiger partial charge in [0.25, 0.3) is 0 Å². The van der Waals surface area contributed by atoms with Crippen molar-refractivity contribution in [1.29, 1.82) is 0 Å². The van der Waals surface area contributed by atoms with Crippen molar-refractivity contribution in [2.24, 2.45) is 7.05 Å². The average molecular weight is 361 g/mol. The van der Waals surface area contributed by atoms with Gasteiger partial charge in [-0.3, -0.25) is 0 Å². The van der Waals surface area contributed by atoms with Gasteiger partial charge < -0.3 is 8.97 Å². The Hall–Kier alpha value is -2.60. The van der Waals surface area contributed by atoms with Gasteiger partial charge in [-0.2, -0.15) is 0 Å². The topological polar surface area (TPSA) is 48.0 Å². The van der Waals surface area contributed by atoms with Crippen LogP contribution in [-0.4, -0.2) is 24.1 Å². The maximum Gasteiger partial charge on any atom is 0.191 e. The van der Waals surface area contributed by atoms with Gasteiger partial charge in [-0.15, -0.1) is 10.2 Å². The van der Waals surface area contributed by atoms with E-state index in [1.54, 1.807) is 11.8 Å². The van der Waals surface area contributed by atoms with Crippen LogP contribution in [0.2, 0.25) is 0 Å². The molecule has 0 N–H and O–H groups in total. The van der Waals surface area contributed by atoms with Gasteiger partial charge in [0.2, 0.25) is 0 Å². The van der Waals surface area contributed by atoms with Crippen LogP contribution in [0.4, 0.5) is 0 Å². The van der Waals surface area contributed by atoms with Crippen LogP contribution in [0.5, 0.6) is 0 Å². The zero-order chi connectivity index (χ0) is 17.5. The second kappa shape index (κ2) is 6.29. The third kappa shape index (κ3) is 2.70. The first-order chi connectivity index (χ1) is 12.8. The molecule has 1 fully saturated rings. The summed E-state index contributed by atoms with van der Waals surface area (Å²) in [5, 5.41) is 9.76. The quantitative estimate of drug-likeness (QED) is 0.497. The van der Waals surface area contributed by atoms with Crippen LogP contribution >= 0.6 is 11.8 Å². The van der Waals surface area contributed by atoms with E-state index in [9.17, 15) is 0 Å². The Kier molecular flexibility index (Phi) is 3.78. The van der Waals surface area contributed by atoms with E-state index in [1.165, 1.54) is 18.5 Å². The highest BCUT2D eigenvalue weighted by Gasteiger charge is 2.29. The van der Waals surface area contributed by atoms with Gasteiger partial charge in [-0.05, 0) is 25.0 Å². The predicted molar refractivity (Wildman–Crippen MR) is 103 cm³/mol. The lowest BCUT2D eigenvalue weighted by atomic mass is 10.1. The maximum atomic E-state index is 4.87. The monoisotopic (exact) mass is 361 g/mol. The van der Waals surface area contributed by atoms with Crippen LogP contribution in [0, 0.1) is 0 Å². The number of hydrogen-bond donors (Lipinski definition) is 0. The molecule has 0 spiro atoms. The second-order valence-corrected chi connectivity index (χ2v) is 7.61. The normalized spacial score (nSPS) is 14.2. The first-order valence-electron chi connectivity index (χ1n) is 8.85. The molecule has 0 bridgehead atoms. The minimum atomic E-state index is 0.609. The molecule has 5 rings (SSSR count). The first-order valence-corrected chi connectivity index (χ1v) is 9.83. The molecule has 0 atom stereocenters. The summed E-state index contributed by atoms with van der Waals surface area (Å²) in [4.78, 5) is 4.87. The lowest BCUT2D eigenvalue weighted by Crippen LogP contribution is -1.98. The van der Waals surface area contributed by atoms with Crippen LogP contribution in [0.25, 0.3) is 16.9 Å². The van der Waals surface area contributed by atoms with Gasteiger partial charge in [-0.25, -0.2) is 4.98 Å². The standard InChI is InChI=1S/C20H19N5S/c1-24-19(15-10-11-15)22-23-20(24)26-13-16-18(14-7-3-2-4-8-14)21-17-9-5-6-12-25(16)17/h2-9,12,15H,10-11,13H2,1H3. The van der Waals surface area contributed by atoms with Crippen molar-refractivity contribution in [3.05, 3.63) is 66.2 Å². The zero-order valence-corrected chi connectivity index (χ0v) is 15.4. The largest absolute Gasteiger partial charge is 0.309 e. The van der Waals surface area contributed by atoms with Gasteiger partial charge in [0.05, 0.1) is 11.4 Å². The fourth-order valence-corrected chi connectivity index (χ4v) is 4.22. The highest BCUT2D eigenvalue weighted by Crippen LogP contribution is 2.40. The third-order valence-corrected chi connectivity index (χ3v) is 5.86. The Morgan fingerprint density at radius 2 is 1.85 bits per heavy atom. The summed E-state index contributed by atoms with van der Waals surface area (Å²) in [6.07, 6.45) is 4.56. The van der Waals surface area contributed by atoms with E-state index in [1.807, 2.05) is 24.3 Å². The molecule has 26 heavy (non-hydrogen) atoms. The molecule has 0 saturated heterocycles. The Balaban J connectivity index is 1.51. The van der Waals surface area contributed by atoms with Crippen LogP contribution in [0.1, 0.15) is 30.3 Å². The number of imidazole rings is 1. The average Bonchev–Trinajstić information content (AvgIpc) is 3.36. The molecule has 0 amide bonds. The number of nitrogens with zero attached hydrogens (tertiary/aromatic N) is 5. The van der Waals surface area contributed by atoms with E-state index >= 15 is 0 Å². The van der Waals surface area contributed by atoms with Crippen molar-refractivity contribution >= 4 is 17.4 Å². The fourth-order valence-electron chi connectivity index (χ4n) is 3.29. The molecule has 6 heteroatoms. The van der Waals surface area contributed by atoms with Gasteiger partial charge in [0, 0.05) is 30.5 Å². The fraction of sp³-hybridized carbons (Fsp3) is 0.250. The second-order valence-electron chi connectivity index (χ2n) is 6.66. The van der Waals surface area contributed by atoms with E-state index in [0.29, 0.717) is 5.92 Å². The Morgan fingerprint density at radius 3 is 2.65 bits per heavy atom. The lowest BCUT2D eigenvalue weighted by molar-refractivity contribution is 0.736. The number of hydrogen-bond acceptors (Lipinski definition) is 4. The van der Waals surface area contributed by atoms with Crippen molar-refractivity contribution in [3.63, 3.8) is 0 Å². The molecule has 0 radical (unpaired) electrons. The third-order valence-electron chi connectivity index (χ3n) is 4.83. The molecule has 4 aromatic rings. The number of pyridine rings is 1. The summed E-state index contributed by atoms with van der Waals surface area (Å²) in [7, 11) is 2.07. The van der Waals surface area contributed by atoms with Crippen molar-refractivity contribution in [2.45, 2.75) is 29.7 Å². The van der Waals surface area contributed by atoms with E-state index < -0.39 is 0 Å².